The molecule has 162 valence electrons. The normalized spacial score (nSPS) is 10.6. The maximum atomic E-state index is 12.2. The molecular weight excluding hydrogens is 453 g/mol. The molecule has 0 atom stereocenters. The largest absolute Gasteiger partial charge is 0.482 e. The van der Waals surface area contributed by atoms with E-state index in [0.29, 0.717) is 44.8 Å². The summed E-state index contributed by atoms with van der Waals surface area (Å²) in [7, 11) is 0. The van der Waals surface area contributed by atoms with Gasteiger partial charge in [-0.1, -0.05) is 23.2 Å². The summed E-state index contributed by atoms with van der Waals surface area (Å²) in [6.45, 7) is 1.59. The van der Waals surface area contributed by atoms with E-state index >= 15 is 0 Å². The van der Waals surface area contributed by atoms with E-state index in [2.05, 4.69) is 20.3 Å². The van der Waals surface area contributed by atoms with Crippen molar-refractivity contribution in [2.75, 3.05) is 11.9 Å². The first-order chi connectivity index (χ1) is 15.5. The molecule has 0 unspecified atom stereocenters. The van der Waals surface area contributed by atoms with Crippen LogP contribution in [0.3, 0.4) is 0 Å². The zero-order chi connectivity index (χ0) is 22.5. The minimum absolute atomic E-state index is 0.198. The Morgan fingerprint density at radius 1 is 1.09 bits per heavy atom. The molecule has 10 heteroatoms. The van der Waals surface area contributed by atoms with Gasteiger partial charge in [-0.25, -0.2) is 9.97 Å². The fourth-order valence-corrected chi connectivity index (χ4v) is 3.23. The SMILES string of the molecule is Cc1nc(Oc2ccc(NC(=O)COc3ccc(Cl)cc3Cl)cc2)cc(-n2ccnc2)n1. The molecule has 0 fully saturated rings. The van der Waals surface area contributed by atoms with Crippen LogP contribution in [0.15, 0.2) is 67.3 Å². The van der Waals surface area contributed by atoms with E-state index in [9.17, 15) is 4.79 Å². The first-order valence-corrected chi connectivity index (χ1v) is 10.2. The van der Waals surface area contributed by atoms with Crippen LogP contribution in [0.25, 0.3) is 5.82 Å². The second-order valence-corrected chi connectivity index (χ2v) is 7.46. The molecule has 4 rings (SSSR count). The molecule has 2 aromatic heterocycles. The third-order valence-corrected chi connectivity index (χ3v) is 4.71. The lowest BCUT2D eigenvalue weighted by atomic mass is 10.3. The highest BCUT2D eigenvalue weighted by molar-refractivity contribution is 6.35. The molecule has 1 amide bonds. The summed E-state index contributed by atoms with van der Waals surface area (Å²) in [5.74, 6) is 2.21. The van der Waals surface area contributed by atoms with Gasteiger partial charge in [0.25, 0.3) is 5.91 Å². The molecule has 0 aliphatic carbocycles. The number of imidazole rings is 1. The number of aromatic nitrogens is 4. The molecule has 0 saturated heterocycles. The maximum absolute atomic E-state index is 12.2. The number of rotatable bonds is 7. The number of carbonyl (C=O) groups excluding carboxylic acids is 1. The quantitative estimate of drug-likeness (QED) is 0.405. The number of halogens is 2. The highest BCUT2D eigenvalue weighted by Crippen LogP contribution is 2.27. The van der Waals surface area contributed by atoms with Gasteiger partial charge in [0, 0.05) is 29.2 Å². The number of hydrogen-bond donors (Lipinski definition) is 1. The van der Waals surface area contributed by atoms with E-state index in [1.54, 1.807) is 78.7 Å². The predicted octanol–water partition coefficient (Wildman–Crippen LogP) is 5.09. The van der Waals surface area contributed by atoms with Crippen LogP contribution in [-0.4, -0.2) is 32.0 Å². The predicted molar refractivity (Wildman–Crippen MR) is 121 cm³/mol. The van der Waals surface area contributed by atoms with E-state index in [1.807, 2.05) is 0 Å². The Morgan fingerprint density at radius 3 is 2.62 bits per heavy atom. The zero-order valence-electron chi connectivity index (χ0n) is 16.8. The lowest BCUT2D eigenvalue weighted by molar-refractivity contribution is -0.118. The fraction of sp³-hybridized carbons (Fsp3) is 0.0909. The number of hydrogen-bond acceptors (Lipinski definition) is 6. The van der Waals surface area contributed by atoms with Gasteiger partial charge in [-0.2, -0.15) is 4.98 Å². The standard InChI is InChI=1S/C22H17Cl2N5O3/c1-14-26-20(29-9-8-25-13-29)11-22(27-14)32-17-5-3-16(4-6-17)28-21(30)12-31-19-7-2-15(23)10-18(19)24/h2-11,13H,12H2,1H3,(H,28,30). The van der Waals surface area contributed by atoms with Crippen LogP contribution >= 0.6 is 23.2 Å². The molecule has 2 aromatic carbocycles. The van der Waals surface area contributed by atoms with Crippen molar-refractivity contribution in [1.29, 1.82) is 0 Å². The molecule has 0 saturated carbocycles. The lowest BCUT2D eigenvalue weighted by Crippen LogP contribution is -2.20. The molecule has 32 heavy (non-hydrogen) atoms. The second-order valence-electron chi connectivity index (χ2n) is 6.62. The number of nitrogens with zero attached hydrogens (tertiary/aromatic N) is 4. The van der Waals surface area contributed by atoms with Crippen molar-refractivity contribution in [3.05, 3.63) is 83.1 Å². The summed E-state index contributed by atoms with van der Waals surface area (Å²) in [5.41, 5.74) is 0.589. The monoisotopic (exact) mass is 469 g/mol. The van der Waals surface area contributed by atoms with Gasteiger partial charge >= 0.3 is 0 Å². The van der Waals surface area contributed by atoms with Crippen molar-refractivity contribution >= 4 is 34.8 Å². The van der Waals surface area contributed by atoms with Gasteiger partial charge in [0.1, 0.15) is 29.5 Å². The van der Waals surface area contributed by atoms with Gasteiger partial charge in [-0.15, -0.1) is 0 Å². The summed E-state index contributed by atoms with van der Waals surface area (Å²) in [6.07, 6.45) is 5.10. The number of amides is 1. The second kappa shape index (κ2) is 9.67. The summed E-state index contributed by atoms with van der Waals surface area (Å²) >= 11 is 11.9. The van der Waals surface area contributed by atoms with Crippen molar-refractivity contribution in [3.63, 3.8) is 0 Å². The van der Waals surface area contributed by atoms with Crippen LogP contribution < -0.4 is 14.8 Å². The highest BCUT2D eigenvalue weighted by atomic mass is 35.5. The summed E-state index contributed by atoms with van der Waals surface area (Å²) in [5, 5.41) is 3.57. The van der Waals surface area contributed by atoms with Gasteiger partial charge in [-0.3, -0.25) is 9.36 Å². The van der Waals surface area contributed by atoms with E-state index in [-0.39, 0.29) is 12.5 Å². The first-order valence-electron chi connectivity index (χ1n) is 9.46. The van der Waals surface area contributed by atoms with Crippen molar-refractivity contribution < 1.29 is 14.3 Å². The number of carbonyl (C=O) groups is 1. The average Bonchev–Trinajstić information content (AvgIpc) is 3.29. The maximum Gasteiger partial charge on any atom is 0.262 e. The Kier molecular flexibility index (Phi) is 6.53. The molecule has 0 bridgehead atoms. The molecule has 4 aromatic rings. The lowest BCUT2D eigenvalue weighted by Gasteiger charge is -2.10. The summed E-state index contributed by atoms with van der Waals surface area (Å²) in [4.78, 5) is 24.9. The van der Waals surface area contributed by atoms with Crippen LogP contribution in [0.4, 0.5) is 5.69 Å². The zero-order valence-corrected chi connectivity index (χ0v) is 18.3. The number of nitrogens with one attached hydrogen (secondary N) is 1. The van der Waals surface area contributed by atoms with Crippen molar-refractivity contribution in [1.82, 2.24) is 19.5 Å². The van der Waals surface area contributed by atoms with Crippen LogP contribution in [0.2, 0.25) is 10.0 Å². The van der Waals surface area contributed by atoms with Crippen molar-refractivity contribution in [2.45, 2.75) is 6.92 Å². The van der Waals surface area contributed by atoms with Gasteiger partial charge in [0.15, 0.2) is 6.61 Å². The van der Waals surface area contributed by atoms with Crippen LogP contribution in [0.1, 0.15) is 5.82 Å². The number of anilines is 1. The minimum atomic E-state index is -0.332. The average molecular weight is 470 g/mol. The minimum Gasteiger partial charge on any atom is -0.482 e. The topological polar surface area (TPSA) is 91.2 Å². The van der Waals surface area contributed by atoms with Gasteiger partial charge < -0.3 is 14.8 Å². The van der Waals surface area contributed by atoms with Crippen LogP contribution in [0, 0.1) is 6.92 Å². The fourth-order valence-electron chi connectivity index (χ4n) is 2.76. The highest BCUT2D eigenvalue weighted by Gasteiger charge is 2.09. The van der Waals surface area contributed by atoms with Gasteiger partial charge in [0.05, 0.1) is 5.02 Å². The molecule has 0 aliphatic rings. The summed E-state index contributed by atoms with van der Waals surface area (Å²) in [6, 6.07) is 13.4. The number of benzene rings is 2. The van der Waals surface area contributed by atoms with E-state index in [0.717, 1.165) is 0 Å². The van der Waals surface area contributed by atoms with E-state index < -0.39 is 0 Å². The number of ether oxygens (including phenoxy) is 2. The Balaban J connectivity index is 1.35. The molecule has 2 heterocycles. The van der Waals surface area contributed by atoms with E-state index in [4.69, 9.17) is 32.7 Å². The molecular formula is C22H17Cl2N5O3. The van der Waals surface area contributed by atoms with Crippen LogP contribution in [0.5, 0.6) is 17.4 Å². The Labute approximate surface area is 193 Å². The van der Waals surface area contributed by atoms with Gasteiger partial charge in [0.2, 0.25) is 5.88 Å². The first kappa shape index (κ1) is 21.6. The van der Waals surface area contributed by atoms with Crippen LogP contribution in [-0.2, 0) is 4.79 Å². The molecule has 0 aliphatic heterocycles. The Morgan fingerprint density at radius 2 is 1.91 bits per heavy atom. The van der Waals surface area contributed by atoms with Crippen molar-refractivity contribution in [3.8, 4) is 23.2 Å². The molecule has 1 N–H and O–H groups in total. The third kappa shape index (κ3) is 5.54. The Bertz CT molecular complexity index is 1230. The number of aryl methyl sites for hydroxylation is 1. The van der Waals surface area contributed by atoms with Crippen molar-refractivity contribution in [2.24, 2.45) is 0 Å². The van der Waals surface area contributed by atoms with Gasteiger partial charge in [-0.05, 0) is 49.4 Å². The van der Waals surface area contributed by atoms with E-state index in [1.165, 1.54) is 0 Å². The smallest absolute Gasteiger partial charge is 0.262 e. The molecule has 0 spiro atoms. The summed E-state index contributed by atoms with van der Waals surface area (Å²) < 4.78 is 13.0. The molecule has 8 nitrogen and oxygen atoms in total. The third-order valence-electron chi connectivity index (χ3n) is 4.18. The Hall–Kier alpha value is -3.62. The molecule has 0 radical (unpaired) electrons.